The number of ether oxygens (including phenoxy) is 1. The summed E-state index contributed by atoms with van der Waals surface area (Å²) in [5.41, 5.74) is 3.61. The first-order chi connectivity index (χ1) is 9.13. The van der Waals surface area contributed by atoms with Crippen LogP contribution in [0.15, 0.2) is 24.3 Å². The minimum absolute atomic E-state index is 0.415. The van der Waals surface area contributed by atoms with Crippen molar-refractivity contribution in [3.63, 3.8) is 0 Å². The first-order valence-corrected chi connectivity index (χ1v) is 6.36. The van der Waals surface area contributed by atoms with Gasteiger partial charge in [-0.05, 0) is 39.0 Å². The van der Waals surface area contributed by atoms with Crippen LogP contribution in [0.2, 0.25) is 0 Å². The molecule has 19 heavy (non-hydrogen) atoms. The molecule has 0 atom stereocenters. The van der Waals surface area contributed by atoms with Crippen LogP contribution in [0, 0.1) is 13.8 Å². The second kappa shape index (κ2) is 5.69. The largest absolute Gasteiger partial charge is 0.487 e. The molecule has 1 aromatic carbocycles. The van der Waals surface area contributed by atoms with Crippen LogP contribution >= 0.6 is 0 Å². The molecule has 0 aliphatic carbocycles. The third-order valence-electron chi connectivity index (χ3n) is 2.95. The second-order valence-corrected chi connectivity index (χ2v) is 4.54. The summed E-state index contributed by atoms with van der Waals surface area (Å²) in [5, 5.41) is 4.37. The highest BCUT2D eigenvalue weighted by molar-refractivity contribution is 5.79. The molecule has 0 aliphatic heterocycles. The Kier molecular flexibility index (Phi) is 4.00. The maximum absolute atomic E-state index is 11.0. The van der Waals surface area contributed by atoms with E-state index in [1.54, 1.807) is 0 Å². The summed E-state index contributed by atoms with van der Waals surface area (Å²) in [6.45, 7) is 7.17. The zero-order valence-electron chi connectivity index (χ0n) is 11.5. The highest BCUT2D eigenvalue weighted by Crippen LogP contribution is 2.19. The van der Waals surface area contributed by atoms with Crippen molar-refractivity contribution in [3.8, 4) is 5.75 Å². The third kappa shape index (κ3) is 3.02. The normalized spacial score (nSPS) is 10.5. The van der Waals surface area contributed by atoms with Crippen LogP contribution in [0.4, 0.5) is 0 Å². The minimum Gasteiger partial charge on any atom is -0.487 e. The fraction of sp³-hybridized carbons (Fsp3) is 0.333. The summed E-state index contributed by atoms with van der Waals surface area (Å²) < 4.78 is 7.64. The molecule has 1 heterocycles. The Bertz CT molecular complexity index is 588. The molecule has 2 rings (SSSR count). The molecule has 0 saturated carbocycles. The minimum atomic E-state index is 0.415. The summed E-state index contributed by atoms with van der Waals surface area (Å²) in [6.07, 6.45) is 0.824. The van der Waals surface area contributed by atoms with Crippen molar-refractivity contribution < 1.29 is 9.53 Å². The number of aldehydes is 1. The van der Waals surface area contributed by atoms with Crippen molar-refractivity contribution in [2.45, 2.75) is 33.9 Å². The Labute approximate surface area is 113 Å². The van der Waals surface area contributed by atoms with Crippen LogP contribution in [-0.2, 0) is 13.2 Å². The fourth-order valence-electron chi connectivity index (χ4n) is 2.03. The maximum atomic E-state index is 11.0. The van der Waals surface area contributed by atoms with Gasteiger partial charge in [0, 0.05) is 6.54 Å². The molecule has 0 radical (unpaired) electrons. The maximum Gasteiger partial charge on any atom is 0.153 e. The lowest BCUT2D eigenvalue weighted by molar-refractivity contribution is 0.111. The lowest BCUT2D eigenvalue weighted by atomic mass is 10.1. The molecule has 0 bridgehead atoms. The van der Waals surface area contributed by atoms with E-state index < -0.39 is 0 Å². The summed E-state index contributed by atoms with van der Waals surface area (Å²) in [4.78, 5) is 11.0. The van der Waals surface area contributed by atoms with Crippen molar-refractivity contribution >= 4 is 6.29 Å². The lowest BCUT2D eigenvalue weighted by Crippen LogP contribution is -2.06. The number of aromatic nitrogens is 2. The van der Waals surface area contributed by atoms with E-state index in [1.807, 2.05) is 49.7 Å². The summed E-state index contributed by atoms with van der Waals surface area (Å²) in [7, 11) is 0. The van der Waals surface area contributed by atoms with Crippen LogP contribution in [0.5, 0.6) is 5.75 Å². The van der Waals surface area contributed by atoms with Gasteiger partial charge in [0.25, 0.3) is 0 Å². The van der Waals surface area contributed by atoms with E-state index in [0.717, 1.165) is 29.8 Å². The van der Waals surface area contributed by atoms with E-state index >= 15 is 0 Å². The Morgan fingerprint density at radius 2 is 2.11 bits per heavy atom. The first-order valence-electron chi connectivity index (χ1n) is 6.36. The number of rotatable bonds is 5. The van der Waals surface area contributed by atoms with Gasteiger partial charge >= 0.3 is 0 Å². The topological polar surface area (TPSA) is 44.1 Å². The van der Waals surface area contributed by atoms with Gasteiger partial charge in [-0.3, -0.25) is 9.48 Å². The first kappa shape index (κ1) is 13.3. The molecule has 0 saturated heterocycles. The van der Waals surface area contributed by atoms with Crippen molar-refractivity contribution in [1.29, 1.82) is 0 Å². The summed E-state index contributed by atoms with van der Waals surface area (Å²) in [5.74, 6) is 0.613. The van der Waals surface area contributed by atoms with E-state index in [0.29, 0.717) is 17.9 Å². The Morgan fingerprint density at radius 1 is 1.32 bits per heavy atom. The Hall–Kier alpha value is -2.10. The van der Waals surface area contributed by atoms with Crippen LogP contribution in [0.25, 0.3) is 0 Å². The molecule has 0 aliphatic rings. The van der Waals surface area contributed by atoms with Crippen molar-refractivity contribution in [3.05, 3.63) is 46.8 Å². The predicted octanol–water partition coefficient (Wildman–Crippen LogP) is 2.91. The van der Waals surface area contributed by atoms with Crippen molar-refractivity contribution in [1.82, 2.24) is 9.78 Å². The number of nitrogens with zero attached hydrogens (tertiary/aromatic N) is 2. The fourth-order valence-corrected chi connectivity index (χ4v) is 2.03. The average molecular weight is 258 g/mol. The standard InChI is InChI=1S/C15H18N2O2/c1-4-17-14(8-12(3)16-17)10-19-15-6-5-11(2)7-13(15)9-18/h5-9H,4,10H2,1-3H3. The molecule has 0 N–H and O–H groups in total. The predicted molar refractivity (Wildman–Crippen MR) is 73.5 cm³/mol. The molecule has 1 aromatic heterocycles. The molecule has 2 aromatic rings. The molecular weight excluding hydrogens is 240 g/mol. The van der Waals surface area contributed by atoms with E-state index in [2.05, 4.69) is 5.10 Å². The third-order valence-corrected chi connectivity index (χ3v) is 2.95. The van der Waals surface area contributed by atoms with Crippen molar-refractivity contribution in [2.24, 2.45) is 0 Å². The lowest BCUT2D eigenvalue weighted by Gasteiger charge is -2.10. The number of hydrogen-bond acceptors (Lipinski definition) is 3. The zero-order valence-corrected chi connectivity index (χ0v) is 11.5. The Morgan fingerprint density at radius 3 is 2.79 bits per heavy atom. The van der Waals surface area contributed by atoms with Crippen LogP contribution in [0.1, 0.15) is 34.2 Å². The van der Waals surface area contributed by atoms with Gasteiger partial charge in [-0.15, -0.1) is 0 Å². The van der Waals surface area contributed by atoms with Crippen LogP contribution in [-0.4, -0.2) is 16.1 Å². The van der Waals surface area contributed by atoms with Gasteiger partial charge in [-0.2, -0.15) is 5.10 Å². The van der Waals surface area contributed by atoms with Crippen LogP contribution in [0.3, 0.4) is 0 Å². The Balaban J connectivity index is 2.16. The van der Waals surface area contributed by atoms with Gasteiger partial charge in [0.2, 0.25) is 0 Å². The molecule has 0 unspecified atom stereocenters. The number of benzene rings is 1. The van der Waals surface area contributed by atoms with Gasteiger partial charge in [-0.1, -0.05) is 11.6 Å². The van der Waals surface area contributed by atoms with Crippen LogP contribution < -0.4 is 4.74 Å². The number of aryl methyl sites for hydroxylation is 3. The number of hydrogen-bond donors (Lipinski definition) is 0. The smallest absolute Gasteiger partial charge is 0.153 e. The van der Waals surface area contributed by atoms with Gasteiger partial charge in [0.15, 0.2) is 6.29 Å². The summed E-state index contributed by atoms with van der Waals surface area (Å²) >= 11 is 0. The van der Waals surface area contributed by atoms with E-state index in [1.165, 1.54) is 0 Å². The molecular formula is C15H18N2O2. The van der Waals surface area contributed by atoms with Gasteiger partial charge in [0.1, 0.15) is 12.4 Å². The quantitative estimate of drug-likeness (QED) is 0.774. The molecule has 0 amide bonds. The molecule has 0 fully saturated rings. The SMILES string of the molecule is CCn1nc(C)cc1COc1ccc(C)cc1C=O. The van der Waals surface area contributed by atoms with E-state index in [-0.39, 0.29) is 0 Å². The van der Waals surface area contributed by atoms with Gasteiger partial charge < -0.3 is 4.74 Å². The van der Waals surface area contributed by atoms with E-state index in [4.69, 9.17) is 4.74 Å². The highest BCUT2D eigenvalue weighted by atomic mass is 16.5. The second-order valence-electron chi connectivity index (χ2n) is 4.54. The van der Waals surface area contributed by atoms with Gasteiger partial charge in [-0.25, -0.2) is 0 Å². The number of carbonyl (C=O) groups is 1. The average Bonchev–Trinajstić information content (AvgIpc) is 2.77. The van der Waals surface area contributed by atoms with E-state index in [9.17, 15) is 4.79 Å². The molecule has 4 nitrogen and oxygen atoms in total. The molecule has 100 valence electrons. The van der Waals surface area contributed by atoms with Crippen molar-refractivity contribution in [2.75, 3.05) is 0 Å². The monoisotopic (exact) mass is 258 g/mol. The summed E-state index contributed by atoms with van der Waals surface area (Å²) in [6, 6.07) is 7.59. The van der Waals surface area contributed by atoms with Gasteiger partial charge in [0.05, 0.1) is 17.0 Å². The molecule has 0 spiro atoms. The zero-order chi connectivity index (χ0) is 13.8. The highest BCUT2D eigenvalue weighted by Gasteiger charge is 2.07. The molecule has 4 heteroatoms. The number of carbonyl (C=O) groups excluding carboxylic acids is 1.